The number of hydrogen-bond acceptors (Lipinski definition) is 2. The van der Waals surface area contributed by atoms with Gasteiger partial charge in [-0.2, -0.15) is 0 Å². The summed E-state index contributed by atoms with van der Waals surface area (Å²) in [6, 6.07) is 16.9. The highest BCUT2D eigenvalue weighted by Gasteiger charge is 2.05. The molecule has 2 aromatic carbocycles. The summed E-state index contributed by atoms with van der Waals surface area (Å²) in [4.78, 5) is 0. The molecule has 3 N–H and O–H groups in total. The Hall–Kier alpha value is -1.96. The van der Waals surface area contributed by atoms with Crippen molar-refractivity contribution >= 4 is 11.4 Å². The summed E-state index contributed by atoms with van der Waals surface area (Å²) in [6.45, 7) is 6.57. The van der Waals surface area contributed by atoms with Gasteiger partial charge in [-0.15, -0.1) is 0 Å². The Kier molecular flexibility index (Phi) is 4.10. The van der Waals surface area contributed by atoms with Gasteiger partial charge in [-0.25, -0.2) is 0 Å². The van der Waals surface area contributed by atoms with Gasteiger partial charge in [0.1, 0.15) is 0 Å². The van der Waals surface area contributed by atoms with Gasteiger partial charge in [0.25, 0.3) is 0 Å². The Bertz CT molecular complexity index is 512. The topological polar surface area (TPSA) is 38.0 Å². The second-order valence-electron chi connectivity index (χ2n) is 5.31. The maximum Gasteiger partial charge on any atom is 0.0485 e. The summed E-state index contributed by atoms with van der Waals surface area (Å²) in [7, 11) is 0. The maximum atomic E-state index is 5.70. The number of nitrogens with two attached hydrogens (primary N) is 1. The van der Waals surface area contributed by atoms with Crippen LogP contribution in [0.4, 0.5) is 11.4 Å². The lowest BCUT2D eigenvalue weighted by Crippen LogP contribution is -2.06. The van der Waals surface area contributed by atoms with Crippen molar-refractivity contribution in [1.82, 2.24) is 0 Å². The lowest BCUT2D eigenvalue weighted by molar-refractivity contribution is 0.862. The molecule has 0 spiro atoms. The summed E-state index contributed by atoms with van der Waals surface area (Å²) < 4.78 is 0. The third kappa shape index (κ3) is 3.50. The molecule has 2 rings (SSSR count). The van der Waals surface area contributed by atoms with E-state index >= 15 is 0 Å². The molecule has 0 saturated heterocycles. The van der Waals surface area contributed by atoms with Gasteiger partial charge in [0.05, 0.1) is 0 Å². The van der Waals surface area contributed by atoms with Gasteiger partial charge in [0.15, 0.2) is 0 Å². The molecular formula is C17H22N2. The Balaban J connectivity index is 2.06. The summed E-state index contributed by atoms with van der Waals surface area (Å²) in [5.74, 6) is 0.573. The van der Waals surface area contributed by atoms with Crippen LogP contribution in [0.1, 0.15) is 43.9 Å². The number of nitrogens with one attached hydrogen (secondary N) is 1. The van der Waals surface area contributed by atoms with E-state index in [4.69, 9.17) is 5.73 Å². The lowest BCUT2D eigenvalue weighted by atomic mass is 10.0. The second kappa shape index (κ2) is 5.79. The molecule has 19 heavy (non-hydrogen) atoms. The highest BCUT2D eigenvalue weighted by molar-refractivity contribution is 5.48. The quantitative estimate of drug-likeness (QED) is 0.785. The van der Waals surface area contributed by atoms with Crippen LogP contribution >= 0.6 is 0 Å². The number of hydrogen-bond donors (Lipinski definition) is 2. The predicted octanol–water partition coefficient (Wildman–Crippen LogP) is 4.57. The van der Waals surface area contributed by atoms with E-state index in [-0.39, 0.29) is 6.04 Å². The van der Waals surface area contributed by atoms with Crippen molar-refractivity contribution in [3.05, 3.63) is 59.7 Å². The molecule has 2 nitrogen and oxygen atoms in total. The van der Waals surface area contributed by atoms with Gasteiger partial charge < -0.3 is 11.1 Å². The van der Waals surface area contributed by atoms with Crippen LogP contribution in [0.3, 0.4) is 0 Å². The zero-order valence-corrected chi connectivity index (χ0v) is 11.9. The molecule has 0 fully saturated rings. The van der Waals surface area contributed by atoms with Crippen LogP contribution in [0, 0.1) is 0 Å². The summed E-state index contributed by atoms with van der Waals surface area (Å²) in [6.07, 6.45) is 0. The van der Waals surface area contributed by atoms with E-state index < -0.39 is 0 Å². The van der Waals surface area contributed by atoms with Crippen molar-refractivity contribution in [3.8, 4) is 0 Å². The molecule has 0 saturated carbocycles. The Labute approximate surface area is 115 Å². The number of benzene rings is 2. The first kappa shape index (κ1) is 13.5. The van der Waals surface area contributed by atoms with Crippen molar-refractivity contribution in [1.29, 1.82) is 0 Å². The van der Waals surface area contributed by atoms with Crippen molar-refractivity contribution in [2.45, 2.75) is 32.7 Å². The van der Waals surface area contributed by atoms with Crippen LogP contribution in [0.15, 0.2) is 48.5 Å². The van der Waals surface area contributed by atoms with E-state index in [1.54, 1.807) is 0 Å². The number of rotatable bonds is 4. The molecule has 2 aromatic rings. The van der Waals surface area contributed by atoms with Crippen molar-refractivity contribution < 1.29 is 0 Å². The molecule has 0 radical (unpaired) electrons. The Morgan fingerprint density at radius 2 is 1.32 bits per heavy atom. The molecule has 0 aliphatic rings. The third-order valence-corrected chi connectivity index (χ3v) is 3.40. The minimum absolute atomic E-state index is 0.269. The van der Waals surface area contributed by atoms with Gasteiger partial charge in [0, 0.05) is 17.4 Å². The average molecular weight is 254 g/mol. The van der Waals surface area contributed by atoms with Crippen LogP contribution in [-0.4, -0.2) is 0 Å². The molecular weight excluding hydrogens is 232 g/mol. The van der Waals surface area contributed by atoms with E-state index in [1.165, 1.54) is 11.1 Å². The van der Waals surface area contributed by atoms with E-state index in [1.807, 2.05) is 12.1 Å². The smallest absolute Gasteiger partial charge is 0.0485 e. The molecule has 100 valence electrons. The minimum atomic E-state index is 0.269. The van der Waals surface area contributed by atoms with Crippen LogP contribution in [-0.2, 0) is 0 Å². The van der Waals surface area contributed by atoms with E-state index in [0.717, 1.165) is 11.4 Å². The van der Waals surface area contributed by atoms with Crippen LogP contribution in [0.2, 0.25) is 0 Å². The first-order valence-electron chi connectivity index (χ1n) is 6.78. The van der Waals surface area contributed by atoms with Crippen LogP contribution in [0.5, 0.6) is 0 Å². The normalized spacial score (nSPS) is 12.4. The van der Waals surface area contributed by atoms with Crippen molar-refractivity contribution in [3.63, 3.8) is 0 Å². The first-order chi connectivity index (χ1) is 9.06. The highest BCUT2D eigenvalue weighted by atomic mass is 14.9. The summed E-state index contributed by atoms with van der Waals surface area (Å²) in [5, 5.41) is 3.50. The zero-order chi connectivity index (χ0) is 13.8. The van der Waals surface area contributed by atoms with Crippen LogP contribution in [0.25, 0.3) is 0 Å². The SMILES string of the molecule is CC(C)c1ccc(NC(C)c2ccc(N)cc2)cc1. The molecule has 1 atom stereocenters. The monoisotopic (exact) mass is 254 g/mol. The van der Waals surface area contributed by atoms with E-state index in [9.17, 15) is 0 Å². The van der Waals surface area contributed by atoms with Gasteiger partial charge in [-0.05, 0) is 48.2 Å². The largest absolute Gasteiger partial charge is 0.399 e. The third-order valence-electron chi connectivity index (χ3n) is 3.40. The standard InChI is InChI=1S/C17H22N2/c1-12(2)14-6-10-17(11-7-14)19-13(3)15-4-8-16(18)9-5-15/h4-13,19H,18H2,1-3H3. The lowest BCUT2D eigenvalue weighted by Gasteiger charge is -2.16. The van der Waals surface area contributed by atoms with Gasteiger partial charge in [-0.1, -0.05) is 38.1 Å². The molecule has 0 aromatic heterocycles. The first-order valence-corrected chi connectivity index (χ1v) is 6.78. The van der Waals surface area contributed by atoms with Crippen molar-refractivity contribution in [2.24, 2.45) is 0 Å². The fourth-order valence-corrected chi connectivity index (χ4v) is 2.08. The molecule has 0 aliphatic carbocycles. The van der Waals surface area contributed by atoms with E-state index in [0.29, 0.717) is 5.92 Å². The van der Waals surface area contributed by atoms with Gasteiger partial charge >= 0.3 is 0 Å². The second-order valence-corrected chi connectivity index (χ2v) is 5.31. The number of nitrogen functional groups attached to an aromatic ring is 1. The molecule has 0 amide bonds. The number of anilines is 2. The fraction of sp³-hybridized carbons (Fsp3) is 0.294. The van der Waals surface area contributed by atoms with Crippen molar-refractivity contribution in [2.75, 3.05) is 11.1 Å². The molecule has 0 aliphatic heterocycles. The Morgan fingerprint density at radius 3 is 1.84 bits per heavy atom. The Morgan fingerprint density at radius 1 is 0.789 bits per heavy atom. The fourth-order valence-electron chi connectivity index (χ4n) is 2.08. The summed E-state index contributed by atoms with van der Waals surface area (Å²) in [5.41, 5.74) is 10.3. The molecule has 2 heteroatoms. The molecule has 1 unspecified atom stereocenters. The predicted molar refractivity (Wildman–Crippen MR) is 83.4 cm³/mol. The van der Waals surface area contributed by atoms with Gasteiger partial charge in [-0.3, -0.25) is 0 Å². The van der Waals surface area contributed by atoms with E-state index in [2.05, 4.69) is 62.5 Å². The van der Waals surface area contributed by atoms with Crippen LogP contribution < -0.4 is 11.1 Å². The minimum Gasteiger partial charge on any atom is -0.399 e. The van der Waals surface area contributed by atoms with Gasteiger partial charge in [0.2, 0.25) is 0 Å². The molecule has 0 heterocycles. The molecule has 0 bridgehead atoms. The highest BCUT2D eigenvalue weighted by Crippen LogP contribution is 2.22. The zero-order valence-electron chi connectivity index (χ0n) is 11.9. The average Bonchev–Trinajstić information content (AvgIpc) is 2.40. The summed E-state index contributed by atoms with van der Waals surface area (Å²) >= 11 is 0. The maximum absolute atomic E-state index is 5.70.